The lowest BCUT2D eigenvalue weighted by molar-refractivity contribution is -0.146. The summed E-state index contributed by atoms with van der Waals surface area (Å²) in [4.78, 5) is 23.8. The van der Waals surface area contributed by atoms with Crippen molar-refractivity contribution in [3.8, 4) is 0 Å². The van der Waals surface area contributed by atoms with E-state index in [1.807, 2.05) is 0 Å². The molecule has 0 saturated heterocycles. The van der Waals surface area contributed by atoms with Crippen LogP contribution in [-0.4, -0.2) is 27.2 Å². The van der Waals surface area contributed by atoms with E-state index in [-0.39, 0.29) is 13.0 Å². The van der Waals surface area contributed by atoms with Crippen LogP contribution in [0.25, 0.3) is 11.0 Å². The fourth-order valence-corrected chi connectivity index (χ4v) is 2.84. The Morgan fingerprint density at radius 1 is 1.12 bits per heavy atom. The summed E-state index contributed by atoms with van der Waals surface area (Å²) in [5.41, 5.74) is 2.50. The molecule has 3 rings (SSSR count). The molecule has 0 unspecified atom stereocenters. The van der Waals surface area contributed by atoms with Crippen molar-refractivity contribution < 1.29 is 14.3 Å². The first-order valence-electron chi connectivity index (χ1n) is 7.03. The molecule has 2 aromatic carbocycles. The quantitative estimate of drug-likeness (QED) is 0.706. The number of esters is 1. The molecule has 0 saturated carbocycles. The van der Waals surface area contributed by atoms with E-state index in [4.69, 9.17) is 16.3 Å². The van der Waals surface area contributed by atoms with E-state index in [0.717, 1.165) is 11.7 Å². The first-order chi connectivity index (χ1) is 11.6. The van der Waals surface area contributed by atoms with Gasteiger partial charge in [-0.2, -0.15) is 8.75 Å². The number of rotatable bonds is 5. The van der Waals surface area contributed by atoms with Crippen molar-refractivity contribution in [1.82, 2.24) is 8.75 Å². The topological polar surface area (TPSA) is 81.2 Å². The van der Waals surface area contributed by atoms with Gasteiger partial charge in [0.25, 0.3) is 5.91 Å². The highest BCUT2D eigenvalue weighted by Crippen LogP contribution is 2.21. The fourth-order valence-electron chi connectivity index (χ4n) is 2.09. The molecule has 0 radical (unpaired) electrons. The maximum Gasteiger partial charge on any atom is 0.310 e. The van der Waals surface area contributed by atoms with E-state index in [9.17, 15) is 9.59 Å². The number of fused-ring (bicyclic) bond motifs is 1. The second kappa shape index (κ2) is 7.37. The molecule has 8 heteroatoms. The van der Waals surface area contributed by atoms with Gasteiger partial charge in [0.15, 0.2) is 6.61 Å². The van der Waals surface area contributed by atoms with Crippen molar-refractivity contribution in [2.24, 2.45) is 0 Å². The molecule has 1 amide bonds. The number of halogens is 1. The number of hydrogen-bond acceptors (Lipinski definition) is 6. The number of nitrogens with zero attached hydrogens (tertiary/aromatic N) is 2. The van der Waals surface area contributed by atoms with Gasteiger partial charge in [-0.1, -0.05) is 35.9 Å². The van der Waals surface area contributed by atoms with Gasteiger partial charge in [0, 0.05) is 5.02 Å². The number of carbonyl (C=O) groups excluding carboxylic acids is 2. The normalized spacial score (nSPS) is 10.5. The summed E-state index contributed by atoms with van der Waals surface area (Å²) in [6.45, 7) is -0.378. The van der Waals surface area contributed by atoms with Crippen LogP contribution in [0.2, 0.25) is 5.02 Å². The third kappa shape index (κ3) is 3.87. The van der Waals surface area contributed by atoms with E-state index in [1.54, 1.807) is 42.5 Å². The van der Waals surface area contributed by atoms with Gasteiger partial charge in [-0.15, -0.1) is 0 Å². The Bertz CT molecular complexity index is 897. The average Bonchev–Trinajstić information content (AvgIpc) is 3.05. The molecule has 0 aliphatic carbocycles. The summed E-state index contributed by atoms with van der Waals surface area (Å²) in [5, 5.41) is 3.15. The van der Waals surface area contributed by atoms with E-state index in [2.05, 4.69) is 14.1 Å². The number of ether oxygens (including phenoxy) is 1. The predicted molar refractivity (Wildman–Crippen MR) is 92.2 cm³/mol. The summed E-state index contributed by atoms with van der Waals surface area (Å²) in [7, 11) is 0. The smallest absolute Gasteiger partial charge is 0.310 e. The van der Waals surface area contributed by atoms with E-state index in [1.165, 1.54) is 0 Å². The Labute approximate surface area is 146 Å². The molecule has 0 atom stereocenters. The maximum atomic E-state index is 11.9. The zero-order chi connectivity index (χ0) is 16.9. The average molecular weight is 362 g/mol. The Morgan fingerprint density at radius 3 is 2.79 bits per heavy atom. The first-order valence-corrected chi connectivity index (χ1v) is 8.14. The van der Waals surface area contributed by atoms with Gasteiger partial charge in [0.2, 0.25) is 0 Å². The molecule has 122 valence electrons. The van der Waals surface area contributed by atoms with Crippen LogP contribution in [0.5, 0.6) is 0 Å². The number of anilines is 1. The van der Waals surface area contributed by atoms with E-state index in [0.29, 0.717) is 27.3 Å². The fraction of sp³-hybridized carbons (Fsp3) is 0.125. The van der Waals surface area contributed by atoms with Gasteiger partial charge in [0.05, 0.1) is 23.8 Å². The van der Waals surface area contributed by atoms with E-state index >= 15 is 0 Å². The van der Waals surface area contributed by atoms with Crippen molar-refractivity contribution >= 4 is 51.9 Å². The number of nitrogens with one attached hydrogen (secondary N) is 1. The van der Waals surface area contributed by atoms with Crippen molar-refractivity contribution in [2.45, 2.75) is 6.42 Å². The third-order valence-corrected chi connectivity index (χ3v) is 4.13. The van der Waals surface area contributed by atoms with Crippen LogP contribution in [-0.2, 0) is 20.7 Å². The largest absolute Gasteiger partial charge is 0.455 e. The van der Waals surface area contributed by atoms with Gasteiger partial charge in [0.1, 0.15) is 11.0 Å². The Kier molecular flexibility index (Phi) is 5.02. The van der Waals surface area contributed by atoms with Crippen molar-refractivity contribution in [3.05, 3.63) is 53.1 Å². The van der Waals surface area contributed by atoms with Crippen molar-refractivity contribution in [2.75, 3.05) is 11.9 Å². The first kappa shape index (κ1) is 16.4. The number of amides is 1. The van der Waals surface area contributed by atoms with Crippen LogP contribution in [0.3, 0.4) is 0 Å². The van der Waals surface area contributed by atoms with Gasteiger partial charge in [-0.05, 0) is 23.8 Å². The van der Waals surface area contributed by atoms with Gasteiger partial charge in [-0.25, -0.2) is 0 Å². The minimum Gasteiger partial charge on any atom is -0.455 e. The molecule has 24 heavy (non-hydrogen) atoms. The van der Waals surface area contributed by atoms with Gasteiger partial charge in [-0.3, -0.25) is 9.59 Å². The zero-order valence-electron chi connectivity index (χ0n) is 12.4. The molecule has 0 aliphatic heterocycles. The highest BCUT2D eigenvalue weighted by atomic mass is 35.5. The summed E-state index contributed by atoms with van der Waals surface area (Å²) in [5.74, 6) is -0.963. The molecule has 1 aromatic heterocycles. The Balaban J connectivity index is 1.55. The lowest BCUT2D eigenvalue weighted by atomic mass is 10.1. The highest BCUT2D eigenvalue weighted by Gasteiger charge is 2.12. The lowest BCUT2D eigenvalue weighted by Crippen LogP contribution is -2.21. The maximum absolute atomic E-state index is 11.9. The minimum atomic E-state index is -0.521. The standard InChI is InChI=1S/C16H12ClN3O3S/c17-11-5-2-1-4-10(11)8-15(22)23-9-14(21)18-12-6-3-7-13-16(12)20-24-19-13/h1-7H,8-9H2,(H,18,21). The molecule has 0 bridgehead atoms. The van der Waals surface area contributed by atoms with Crippen molar-refractivity contribution in [1.29, 1.82) is 0 Å². The second-order valence-electron chi connectivity index (χ2n) is 4.91. The number of hydrogen-bond donors (Lipinski definition) is 1. The molecular weight excluding hydrogens is 350 g/mol. The second-order valence-corrected chi connectivity index (χ2v) is 5.85. The zero-order valence-corrected chi connectivity index (χ0v) is 13.9. The Hall–Kier alpha value is -2.51. The molecule has 1 heterocycles. The summed E-state index contributed by atoms with van der Waals surface area (Å²) in [6.07, 6.45) is 0.0124. The lowest BCUT2D eigenvalue weighted by Gasteiger charge is -2.07. The van der Waals surface area contributed by atoms with Crippen LogP contribution >= 0.6 is 23.3 Å². The van der Waals surface area contributed by atoms with E-state index < -0.39 is 11.9 Å². The van der Waals surface area contributed by atoms with Crippen molar-refractivity contribution in [3.63, 3.8) is 0 Å². The monoisotopic (exact) mass is 361 g/mol. The van der Waals surface area contributed by atoms with Gasteiger partial charge < -0.3 is 10.1 Å². The molecule has 3 aromatic rings. The molecule has 0 aliphatic rings. The number of aromatic nitrogens is 2. The SMILES string of the molecule is O=C(COC(=O)Cc1ccccc1Cl)Nc1cccc2nsnc12. The van der Waals surface area contributed by atoms with Crippen LogP contribution < -0.4 is 5.32 Å². The number of carbonyl (C=O) groups is 2. The molecular formula is C16H12ClN3O3S. The third-order valence-electron chi connectivity index (χ3n) is 3.22. The van der Waals surface area contributed by atoms with Crippen LogP contribution in [0, 0.1) is 0 Å². The predicted octanol–water partition coefficient (Wildman–Crippen LogP) is 3.07. The van der Waals surface area contributed by atoms with Crippen LogP contribution in [0.1, 0.15) is 5.56 Å². The van der Waals surface area contributed by atoms with Gasteiger partial charge >= 0.3 is 5.97 Å². The minimum absolute atomic E-state index is 0.0124. The summed E-state index contributed by atoms with van der Waals surface area (Å²) < 4.78 is 13.2. The Morgan fingerprint density at radius 2 is 1.96 bits per heavy atom. The molecule has 0 spiro atoms. The molecule has 6 nitrogen and oxygen atoms in total. The summed E-state index contributed by atoms with van der Waals surface area (Å²) >= 11 is 7.05. The number of benzene rings is 2. The van der Waals surface area contributed by atoms with Crippen LogP contribution in [0.15, 0.2) is 42.5 Å². The summed E-state index contributed by atoms with van der Waals surface area (Å²) in [6, 6.07) is 12.3. The highest BCUT2D eigenvalue weighted by molar-refractivity contribution is 7.00. The molecule has 0 fully saturated rings. The molecule has 1 N–H and O–H groups in total. The van der Waals surface area contributed by atoms with Crippen LogP contribution in [0.4, 0.5) is 5.69 Å².